The molecule has 0 aliphatic carbocycles. The van der Waals surface area contributed by atoms with Crippen LogP contribution in [0.5, 0.6) is 0 Å². The number of hydrogen-bond acceptors (Lipinski definition) is 4. The molecule has 1 saturated heterocycles. The SMILES string of the molecule is Cc1cccc(N2CCN(C(=O)Nc3ccc(NS(C)(=O)=O)cc3)CC2)c1C. The zero-order valence-electron chi connectivity index (χ0n) is 16.4. The van der Waals surface area contributed by atoms with Crippen molar-refractivity contribution in [2.75, 3.05) is 47.4 Å². The summed E-state index contributed by atoms with van der Waals surface area (Å²) >= 11 is 0. The van der Waals surface area contributed by atoms with Crippen molar-refractivity contribution in [1.82, 2.24) is 4.90 Å². The topological polar surface area (TPSA) is 81.8 Å². The molecule has 0 aromatic heterocycles. The van der Waals surface area contributed by atoms with E-state index in [2.05, 4.69) is 47.0 Å². The third-order valence-electron chi connectivity index (χ3n) is 4.92. The van der Waals surface area contributed by atoms with Crippen LogP contribution in [0.4, 0.5) is 21.9 Å². The molecule has 1 fully saturated rings. The zero-order valence-corrected chi connectivity index (χ0v) is 17.2. The van der Waals surface area contributed by atoms with Crippen LogP contribution in [0.2, 0.25) is 0 Å². The molecular weight excluding hydrogens is 376 g/mol. The van der Waals surface area contributed by atoms with Gasteiger partial charge in [0.2, 0.25) is 10.0 Å². The number of hydrogen-bond donors (Lipinski definition) is 2. The summed E-state index contributed by atoms with van der Waals surface area (Å²) in [5.41, 5.74) is 4.87. The van der Waals surface area contributed by atoms with E-state index in [0.717, 1.165) is 19.3 Å². The number of nitrogens with zero attached hydrogens (tertiary/aromatic N) is 2. The van der Waals surface area contributed by atoms with Gasteiger partial charge in [0.25, 0.3) is 0 Å². The van der Waals surface area contributed by atoms with Gasteiger partial charge in [0.1, 0.15) is 0 Å². The standard InChI is InChI=1S/C20H26N4O3S/c1-15-5-4-6-19(16(15)2)23-11-13-24(14-12-23)20(25)21-17-7-9-18(10-8-17)22-28(3,26)27/h4-10,22H,11-14H2,1-3H3,(H,21,25). The Hall–Kier alpha value is -2.74. The Balaban J connectivity index is 1.56. The van der Waals surface area contributed by atoms with Crippen LogP contribution in [-0.2, 0) is 10.0 Å². The summed E-state index contributed by atoms with van der Waals surface area (Å²) < 4.78 is 24.9. The van der Waals surface area contributed by atoms with E-state index < -0.39 is 10.0 Å². The Morgan fingerprint density at radius 1 is 0.929 bits per heavy atom. The number of sulfonamides is 1. The van der Waals surface area contributed by atoms with Crippen LogP contribution in [-0.4, -0.2) is 51.8 Å². The summed E-state index contributed by atoms with van der Waals surface area (Å²) in [5.74, 6) is 0. The van der Waals surface area contributed by atoms with Gasteiger partial charge in [-0.05, 0) is 55.3 Å². The maximum Gasteiger partial charge on any atom is 0.321 e. The zero-order chi connectivity index (χ0) is 20.3. The number of carbonyl (C=O) groups excluding carboxylic acids is 1. The van der Waals surface area contributed by atoms with Gasteiger partial charge in [0.15, 0.2) is 0 Å². The fourth-order valence-electron chi connectivity index (χ4n) is 3.27. The van der Waals surface area contributed by atoms with Gasteiger partial charge in [-0.3, -0.25) is 4.72 Å². The summed E-state index contributed by atoms with van der Waals surface area (Å²) in [6.45, 7) is 7.11. The van der Waals surface area contributed by atoms with E-state index >= 15 is 0 Å². The van der Waals surface area contributed by atoms with Gasteiger partial charge >= 0.3 is 6.03 Å². The number of carbonyl (C=O) groups is 1. The maximum absolute atomic E-state index is 12.5. The molecule has 1 aliphatic rings. The summed E-state index contributed by atoms with van der Waals surface area (Å²) in [6.07, 6.45) is 1.10. The first-order chi connectivity index (χ1) is 13.2. The highest BCUT2D eigenvalue weighted by Crippen LogP contribution is 2.24. The van der Waals surface area contributed by atoms with E-state index in [1.807, 2.05) is 0 Å². The van der Waals surface area contributed by atoms with E-state index in [-0.39, 0.29) is 6.03 Å². The molecule has 0 spiro atoms. The van der Waals surface area contributed by atoms with Gasteiger partial charge in [-0.25, -0.2) is 13.2 Å². The molecule has 2 N–H and O–H groups in total. The molecule has 2 aromatic carbocycles. The first kappa shape index (κ1) is 20.0. The largest absolute Gasteiger partial charge is 0.368 e. The lowest BCUT2D eigenvalue weighted by atomic mass is 10.1. The van der Waals surface area contributed by atoms with Crippen LogP contribution in [0, 0.1) is 13.8 Å². The van der Waals surface area contributed by atoms with Crippen LogP contribution >= 0.6 is 0 Å². The third kappa shape index (κ3) is 4.95. The van der Waals surface area contributed by atoms with E-state index in [0.29, 0.717) is 24.5 Å². The molecule has 0 saturated carbocycles. The molecule has 28 heavy (non-hydrogen) atoms. The second-order valence-corrected chi connectivity index (χ2v) is 8.82. The van der Waals surface area contributed by atoms with E-state index in [1.54, 1.807) is 29.2 Å². The molecule has 1 aliphatic heterocycles. The fourth-order valence-corrected chi connectivity index (χ4v) is 3.83. The monoisotopic (exact) mass is 402 g/mol. The Kier molecular flexibility index (Phi) is 5.79. The Labute approximate surface area is 166 Å². The number of rotatable bonds is 4. The van der Waals surface area contributed by atoms with E-state index in [1.165, 1.54) is 16.8 Å². The minimum atomic E-state index is -3.31. The highest BCUT2D eigenvalue weighted by atomic mass is 32.2. The number of amides is 2. The summed E-state index contributed by atoms with van der Waals surface area (Å²) in [6, 6.07) is 12.8. The predicted molar refractivity (Wildman–Crippen MR) is 114 cm³/mol. The molecule has 2 amide bonds. The van der Waals surface area contributed by atoms with Crippen molar-refractivity contribution in [2.45, 2.75) is 13.8 Å². The van der Waals surface area contributed by atoms with Gasteiger partial charge in [0.05, 0.1) is 6.26 Å². The summed E-state index contributed by atoms with van der Waals surface area (Å²) in [4.78, 5) is 16.6. The highest BCUT2D eigenvalue weighted by Gasteiger charge is 2.22. The molecule has 0 unspecified atom stereocenters. The van der Waals surface area contributed by atoms with Crippen LogP contribution < -0.4 is 14.9 Å². The van der Waals surface area contributed by atoms with Gasteiger partial charge in [0, 0.05) is 43.2 Å². The molecule has 1 heterocycles. The quantitative estimate of drug-likeness (QED) is 0.824. The molecule has 150 valence electrons. The molecule has 8 heteroatoms. The van der Waals surface area contributed by atoms with Gasteiger partial charge < -0.3 is 15.1 Å². The van der Waals surface area contributed by atoms with Gasteiger partial charge in [-0.1, -0.05) is 12.1 Å². The van der Waals surface area contributed by atoms with Gasteiger partial charge in [-0.2, -0.15) is 0 Å². The first-order valence-electron chi connectivity index (χ1n) is 9.18. The average molecular weight is 403 g/mol. The normalized spacial score (nSPS) is 14.7. The lowest BCUT2D eigenvalue weighted by molar-refractivity contribution is 0.208. The number of aryl methyl sites for hydroxylation is 1. The predicted octanol–water partition coefficient (Wildman–Crippen LogP) is 3.03. The average Bonchev–Trinajstić information content (AvgIpc) is 2.64. The highest BCUT2D eigenvalue weighted by molar-refractivity contribution is 7.92. The minimum Gasteiger partial charge on any atom is -0.368 e. The van der Waals surface area contributed by atoms with Crippen LogP contribution in [0.15, 0.2) is 42.5 Å². The number of benzene rings is 2. The maximum atomic E-state index is 12.5. The van der Waals surface area contributed by atoms with Crippen LogP contribution in [0.25, 0.3) is 0 Å². The van der Waals surface area contributed by atoms with Gasteiger partial charge in [-0.15, -0.1) is 0 Å². The molecule has 3 rings (SSSR count). The van der Waals surface area contributed by atoms with Crippen LogP contribution in [0.1, 0.15) is 11.1 Å². The molecular formula is C20H26N4O3S. The number of nitrogens with one attached hydrogen (secondary N) is 2. The molecule has 7 nitrogen and oxygen atoms in total. The van der Waals surface area contributed by atoms with Crippen molar-refractivity contribution in [3.63, 3.8) is 0 Å². The van der Waals surface area contributed by atoms with E-state index in [9.17, 15) is 13.2 Å². The fraction of sp³-hybridized carbons (Fsp3) is 0.350. The first-order valence-corrected chi connectivity index (χ1v) is 11.1. The molecule has 0 bridgehead atoms. The van der Waals surface area contributed by atoms with Crippen molar-refractivity contribution in [1.29, 1.82) is 0 Å². The van der Waals surface area contributed by atoms with E-state index in [4.69, 9.17) is 0 Å². The molecule has 0 radical (unpaired) electrons. The number of urea groups is 1. The summed E-state index contributed by atoms with van der Waals surface area (Å²) in [5, 5.41) is 2.87. The molecule has 2 aromatic rings. The number of anilines is 3. The van der Waals surface area contributed by atoms with Crippen molar-refractivity contribution in [2.24, 2.45) is 0 Å². The van der Waals surface area contributed by atoms with Crippen molar-refractivity contribution in [3.8, 4) is 0 Å². The summed E-state index contributed by atoms with van der Waals surface area (Å²) in [7, 11) is -3.31. The Bertz CT molecular complexity index is 950. The minimum absolute atomic E-state index is 0.149. The Morgan fingerprint density at radius 2 is 1.54 bits per heavy atom. The lowest BCUT2D eigenvalue weighted by Crippen LogP contribution is -2.50. The molecule has 0 atom stereocenters. The Morgan fingerprint density at radius 3 is 2.14 bits per heavy atom. The number of piperazine rings is 1. The smallest absolute Gasteiger partial charge is 0.321 e. The van der Waals surface area contributed by atoms with Crippen LogP contribution in [0.3, 0.4) is 0 Å². The van der Waals surface area contributed by atoms with Crippen molar-refractivity contribution in [3.05, 3.63) is 53.6 Å². The lowest BCUT2D eigenvalue weighted by Gasteiger charge is -2.37. The van der Waals surface area contributed by atoms with Crippen molar-refractivity contribution < 1.29 is 13.2 Å². The van der Waals surface area contributed by atoms with Crippen molar-refractivity contribution >= 4 is 33.1 Å². The second-order valence-electron chi connectivity index (χ2n) is 7.07. The second kappa shape index (κ2) is 8.10. The third-order valence-corrected chi connectivity index (χ3v) is 5.53.